The second-order valence-corrected chi connectivity index (χ2v) is 7.24. The highest BCUT2D eigenvalue weighted by Crippen LogP contribution is 2.23. The van der Waals surface area contributed by atoms with Crippen LogP contribution in [0.5, 0.6) is 0 Å². The van der Waals surface area contributed by atoms with Gasteiger partial charge in [-0.25, -0.2) is 4.98 Å². The van der Waals surface area contributed by atoms with Gasteiger partial charge in [-0.15, -0.1) is 21.5 Å². The predicted octanol–water partition coefficient (Wildman–Crippen LogP) is 1.30. The minimum Gasteiger partial charge on any atom is -0.364 e. The number of thiazole rings is 1. The molecule has 8 heteroatoms. The Balaban J connectivity index is 1.53. The number of carbonyl (C=O) groups is 1. The fourth-order valence-electron chi connectivity index (χ4n) is 3.04. The predicted molar refractivity (Wildman–Crippen MR) is 94.1 cm³/mol. The lowest BCUT2D eigenvalue weighted by atomic mass is 10.1. The maximum atomic E-state index is 11.1. The number of aryl methyl sites for hydroxylation is 1. The monoisotopic (exact) mass is 346 g/mol. The molecule has 0 unspecified atom stereocenters. The van der Waals surface area contributed by atoms with Crippen molar-refractivity contribution in [2.45, 2.75) is 19.9 Å². The molecule has 1 saturated heterocycles. The number of rotatable bonds is 6. The lowest BCUT2D eigenvalue weighted by Gasteiger charge is -2.21. The van der Waals surface area contributed by atoms with Crippen LogP contribution in [0.1, 0.15) is 27.5 Å². The first-order chi connectivity index (χ1) is 11.5. The zero-order valence-electron chi connectivity index (χ0n) is 14.0. The summed E-state index contributed by atoms with van der Waals surface area (Å²) in [7, 11) is 2.16. The summed E-state index contributed by atoms with van der Waals surface area (Å²) in [6, 6.07) is 3.45. The number of amides is 1. The van der Waals surface area contributed by atoms with Gasteiger partial charge in [-0.1, -0.05) is 0 Å². The summed E-state index contributed by atoms with van der Waals surface area (Å²) in [4.78, 5) is 21.3. The van der Waals surface area contributed by atoms with Crippen LogP contribution in [-0.2, 0) is 6.54 Å². The molecule has 1 aliphatic heterocycles. The minimum atomic E-state index is -0.548. The molecule has 128 valence electrons. The SMILES string of the molecule is Cc1ncsc1CN(C)C[C@@H]1CCN(c2ccc(C(N)=O)nn2)C1. The van der Waals surface area contributed by atoms with E-state index in [1.165, 1.54) is 4.88 Å². The summed E-state index contributed by atoms with van der Waals surface area (Å²) >= 11 is 1.72. The van der Waals surface area contributed by atoms with E-state index in [2.05, 4.69) is 39.0 Å². The van der Waals surface area contributed by atoms with Gasteiger partial charge in [-0.2, -0.15) is 0 Å². The summed E-state index contributed by atoms with van der Waals surface area (Å²) in [5.41, 5.74) is 8.44. The minimum absolute atomic E-state index is 0.203. The zero-order chi connectivity index (χ0) is 17.1. The highest BCUT2D eigenvalue weighted by atomic mass is 32.1. The van der Waals surface area contributed by atoms with E-state index in [9.17, 15) is 4.79 Å². The van der Waals surface area contributed by atoms with E-state index in [1.807, 2.05) is 11.6 Å². The molecular weight excluding hydrogens is 324 g/mol. The smallest absolute Gasteiger partial charge is 0.269 e. The molecule has 0 aromatic carbocycles. The second kappa shape index (κ2) is 7.23. The van der Waals surface area contributed by atoms with Crippen LogP contribution in [-0.4, -0.2) is 52.7 Å². The van der Waals surface area contributed by atoms with Crippen molar-refractivity contribution in [3.05, 3.63) is 33.9 Å². The number of hydrogen-bond acceptors (Lipinski definition) is 7. The van der Waals surface area contributed by atoms with Gasteiger partial charge in [-0.3, -0.25) is 4.79 Å². The van der Waals surface area contributed by atoms with Crippen LogP contribution in [0.25, 0.3) is 0 Å². The van der Waals surface area contributed by atoms with Crippen LogP contribution in [0.3, 0.4) is 0 Å². The lowest BCUT2D eigenvalue weighted by molar-refractivity contribution is 0.0994. The summed E-state index contributed by atoms with van der Waals surface area (Å²) in [5.74, 6) is 0.859. The van der Waals surface area contributed by atoms with Crippen molar-refractivity contribution in [1.82, 2.24) is 20.1 Å². The van der Waals surface area contributed by atoms with E-state index in [-0.39, 0.29) is 5.69 Å². The largest absolute Gasteiger partial charge is 0.364 e. The first-order valence-electron chi connectivity index (χ1n) is 7.99. The Kier molecular flexibility index (Phi) is 5.06. The lowest BCUT2D eigenvalue weighted by Crippen LogP contribution is -2.28. The summed E-state index contributed by atoms with van der Waals surface area (Å²) in [6.45, 7) is 5.96. The second-order valence-electron chi connectivity index (χ2n) is 6.30. The Morgan fingerprint density at radius 1 is 1.46 bits per heavy atom. The van der Waals surface area contributed by atoms with Crippen molar-refractivity contribution in [3.63, 3.8) is 0 Å². The number of anilines is 1. The molecule has 24 heavy (non-hydrogen) atoms. The molecule has 1 amide bonds. The molecule has 0 saturated carbocycles. The van der Waals surface area contributed by atoms with E-state index in [1.54, 1.807) is 17.4 Å². The molecule has 2 N–H and O–H groups in total. The Morgan fingerprint density at radius 2 is 2.29 bits per heavy atom. The number of primary amides is 1. The number of aromatic nitrogens is 3. The van der Waals surface area contributed by atoms with Crippen molar-refractivity contribution in [2.75, 3.05) is 31.6 Å². The Hall–Kier alpha value is -2.06. The third-order valence-corrected chi connectivity index (χ3v) is 5.26. The van der Waals surface area contributed by atoms with Gasteiger partial charge in [0.2, 0.25) is 0 Å². The fourth-order valence-corrected chi connectivity index (χ4v) is 3.90. The maximum absolute atomic E-state index is 11.1. The third kappa shape index (κ3) is 3.88. The average Bonchev–Trinajstić information content (AvgIpc) is 3.17. The van der Waals surface area contributed by atoms with Crippen LogP contribution in [0.4, 0.5) is 5.82 Å². The molecule has 0 spiro atoms. The number of hydrogen-bond donors (Lipinski definition) is 1. The first-order valence-corrected chi connectivity index (χ1v) is 8.87. The van der Waals surface area contributed by atoms with Gasteiger partial charge >= 0.3 is 0 Å². The van der Waals surface area contributed by atoms with Gasteiger partial charge in [-0.05, 0) is 38.4 Å². The quantitative estimate of drug-likeness (QED) is 0.848. The maximum Gasteiger partial charge on any atom is 0.269 e. The van der Waals surface area contributed by atoms with Crippen molar-refractivity contribution in [1.29, 1.82) is 0 Å². The Morgan fingerprint density at radius 3 is 2.92 bits per heavy atom. The first kappa shape index (κ1) is 16.8. The van der Waals surface area contributed by atoms with Crippen molar-refractivity contribution in [2.24, 2.45) is 11.7 Å². The van der Waals surface area contributed by atoms with E-state index in [0.717, 1.165) is 44.1 Å². The highest BCUT2D eigenvalue weighted by Gasteiger charge is 2.25. The standard InChI is InChI=1S/C16H22N6OS/c1-11-14(24-10-18-11)9-21(2)7-12-5-6-22(8-12)15-4-3-13(16(17)23)19-20-15/h3-4,10,12H,5-9H2,1-2H3,(H2,17,23)/t12-/m0/s1. The molecule has 1 fully saturated rings. The van der Waals surface area contributed by atoms with Crippen LogP contribution in [0, 0.1) is 12.8 Å². The van der Waals surface area contributed by atoms with Gasteiger partial charge < -0.3 is 15.5 Å². The molecule has 1 atom stereocenters. The summed E-state index contributed by atoms with van der Waals surface area (Å²) in [5, 5.41) is 8.01. The average molecular weight is 346 g/mol. The van der Waals surface area contributed by atoms with Gasteiger partial charge in [0.25, 0.3) is 5.91 Å². The Labute approximate surface area is 145 Å². The van der Waals surface area contributed by atoms with Gasteiger partial charge in [0.1, 0.15) is 0 Å². The van der Waals surface area contributed by atoms with Gasteiger partial charge in [0.15, 0.2) is 11.5 Å². The van der Waals surface area contributed by atoms with Crippen LogP contribution < -0.4 is 10.6 Å². The topological polar surface area (TPSA) is 88.2 Å². The normalized spacial score (nSPS) is 17.6. The van der Waals surface area contributed by atoms with Crippen molar-refractivity contribution >= 4 is 23.1 Å². The van der Waals surface area contributed by atoms with Crippen molar-refractivity contribution < 1.29 is 4.79 Å². The molecule has 3 heterocycles. The highest BCUT2D eigenvalue weighted by molar-refractivity contribution is 7.09. The van der Waals surface area contributed by atoms with Crippen LogP contribution >= 0.6 is 11.3 Å². The number of carbonyl (C=O) groups excluding carboxylic acids is 1. The molecule has 0 radical (unpaired) electrons. The number of nitrogens with zero attached hydrogens (tertiary/aromatic N) is 5. The molecule has 0 aliphatic carbocycles. The van der Waals surface area contributed by atoms with Crippen LogP contribution in [0.15, 0.2) is 17.6 Å². The molecule has 2 aromatic rings. The van der Waals surface area contributed by atoms with E-state index in [4.69, 9.17) is 5.73 Å². The van der Waals surface area contributed by atoms with E-state index < -0.39 is 5.91 Å². The molecule has 2 aromatic heterocycles. The van der Waals surface area contributed by atoms with Crippen LogP contribution in [0.2, 0.25) is 0 Å². The molecule has 1 aliphatic rings. The van der Waals surface area contributed by atoms with Gasteiger partial charge in [0, 0.05) is 31.1 Å². The third-order valence-electron chi connectivity index (χ3n) is 4.34. The molecule has 0 bridgehead atoms. The Bertz CT molecular complexity index is 701. The van der Waals surface area contributed by atoms with E-state index in [0.29, 0.717) is 5.92 Å². The number of nitrogens with two attached hydrogens (primary N) is 1. The summed E-state index contributed by atoms with van der Waals surface area (Å²) in [6.07, 6.45) is 1.13. The molecule has 7 nitrogen and oxygen atoms in total. The summed E-state index contributed by atoms with van der Waals surface area (Å²) < 4.78 is 0. The van der Waals surface area contributed by atoms with Gasteiger partial charge in [0.05, 0.1) is 11.2 Å². The van der Waals surface area contributed by atoms with Crippen molar-refractivity contribution in [3.8, 4) is 0 Å². The molecule has 3 rings (SSSR count). The fraction of sp³-hybridized carbons (Fsp3) is 0.500. The van der Waals surface area contributed by atoms with E-state index >= 15 is 0 Å². The molecular formula is C16H22N6OS. The zero-order valence-corrected chi connectivity index (χ0v) is 14.8.